The van der Waals surface area contributed by atoms with Gasteiger partial charge >= 0.3 is 0 Å². The van der Waals surface area contributed by atoms with Gasteiger partial charge in [0.25, 0.3) is 0 Å². The van der Waals surface area contributed by atoms with E-state index in [1.807, 2.05) is 18.3 Å². The molecule has 0 spiro atoms. The van der Waals surface area contributed by atoms with Crippen molar-refractivity contribution in [1.29, 1.82) is 0 Å². The molecule has 0 saturated carbocycles. The van der Waals surface area contributed by atoms with Crippen molar-refractivity contribution in [3.8, 4) is 16.9 Å². The number of allylic oxidation sites excluding steroid dienone is 2. The minimum atomic E-state index is 0.0147. The molecule has 1 aliphatic carbocycles. The summed E-state index contributed by atoms with van der Waals surface area (Å²) in [5, 5.41) is 5.93. The lowest BCUT2D eigenvalue weighted by Gasteiger charge is -2.28. The molecular weight excluding hydrogens is 635 g/mol. The monoisotopic (exact) mass is 665 g/mol. The van der Waals surface area contributed by atoms with E-state index < -0.39 is 0 Å². The number of nitrogens with zero attached hydrogens (tertiary/aromatic N) is 5. The third-order valence-electron chi connectivity index (χ3n) is 10.8. The van der Waals surface area contributed by atoms with Crippen molar-refractivity contribution in [2.24, 2.45) is 0 Å². The van der Waals surface area contributed by atoms with Gasteiger partial charge in [0.1, 0.15) is 0 Å². The summed E-state index contributed by atoms with van der Waals surface area (Å²) in [5.41, 5.74) is 11.1. The Labute approximate surface area is 300 Å². The molecule has 0 fully saturated rings. The van der Waals surface area contributed by atoms with Crippen LogP contribution in [-0.4, -0.2) is 25.6 Å². The van der Waals surface area contributed by atoms with Gasteiger partial charge in [-0.25, -0.2) is 9.97 Å². The molecule has 9 aromatic rings. The number of hydrogen-bond acceptors (Lipinski definition) is 4. The van der Waals surface area contributed by atoms with Crippen molar-refractivity contribution in [1.82, 2.24) is 19.5 Å². The summed E-state index contributed by atoms with van der Waals surface area (Å²) in [5.74, 6) is 0.770. The molecule has 0 bridgehead atoms. The van der Waals surface area contributed by atoms with Crippen LogP contribution in [0.2, 0.25) is 0 Å². The minimum Gasteiger partial charge on any atom is -0.309 e. The summed E-state index contributed by atoms with van der Waals surface area (Å²) >= 11 is 0. The van der Waals surface area contributed by atoms with Crippen LogP contribution in [0.1, 0.15) is 17.0 Å². The van der Waals surface area contributed by atoms with Gasteiger partial charge < -0.3 is 9.47 Å². The molecule has 2 aliphatic rings. The Balaban J connectivity index is 1.10. The maximum atomic E-state index is 5.27. The SMILES string of the molecule is C1=CC2C(C=C1c1cc3c4ccccc4n(-c4ccccc4)c3c3ccccc13)c1ccccc1N2c1nc(-c2ccccc2)c2cccnc2n1. The van der Waals surface area contributed by atoms with Crippen molar-refractivity contribution in [2.75, 3.05) is 4.90 Å². The molecule has 0 amide bonds. The molecule has 244 valence electrons. The van der Waals surface area contributed by atoms with Crippen molar-refractivity contribution in [3.05, 3.63) is 187 Å². The first-order valence-electron chi connectivity index (χ1n) is 17.8. The first-order chi connectivity index (χ1) is 25.8. The Kier molecular flexibility index (Phi) is 6.31. The third-order valence-corrected chi connectivity index (χ3v) is 10.8. The Morgan fingerprint density at radius 3 is 2.15 bits per heavy atom. The molecular formula is C47H31N5. The molecule has 4 heterocycles. The molecule has 2 atom stereocenters. The Bertz CT molecular complexity index is 2920. The number of rotatable bonds is 4. The predicted octanol–water partition coefficient (Wildman–Crippen LogP) is 11.2. The fourth-order valence-corrected chi connectivity index (χ4v) is 8.54. The maximum Gasteiger partial charge on any atom is 0.233 e. The quantitative estimate of drug-likeness (QED) is 0.188. The lowest BCUT2D eigenvalue weighted by molar-refractivity contribution is 0.733. The smallest absolute Gasteiger partial charge is 0.233 e. The maximum absolute atomic E-state index is 5.27. The van der Waals surface area contributed by atoms with Crippen molar-refractivity contribution in [3.63, 3.8) is 0 Å². The van der Waals surface area contributed by atoms with Crippen LogP contribution >= 0.6 is 0 Å². The number of hydrogen-bond donors (Lipinski definition) is 0. The summed E-state index contributed by atoms with van der Waals surface area (Å²) in [6, 6.07) is 53.8. The number of anilines is 2. The average molecular weight is 666 g/mol. The van der Waals surface area contributed by atoms with Crippen molar-refractivity contribution in [2.45, 2.75) is 12.0 Å². The number of para-hydroxylation sites is 3. The number of benzene rings is 6. The molecule has 0 saturated heterocycles. The first-order valence-corrected chi connectivity index (χ1v) is 17.8. The third kappa shape index (κ3) is 4.26. The lowest BCUT2D eigenvalue weighted by Crippen LogP contribution is -2.30. The van der Waals surface area contributed by atoms with Gasteiger partial charge in [0.15, 0.2) is 5.65 Å². The standard InChI is InChI=1S/C47H31N5/c1-3-14-30(15-4-1)44-37-22-13-27-48-46(37)50-47(49-44)52-42-24-12-9-19-34(42)39-28-31(25-26-43(39)52)38-29-40-35-20-10-11-23-41(35)51(32-16-5-2-6-17-32)45(40)36-21-8-7-18-33(36)38/h1-29,39,43H. The molecule has 3 aromatic heterocycles. The van der Waals surface area contributed by atoms with Crippen LogP contribution in [0, 0.1) is 0 Å². The van der Waals surface area contributed by atoms with E-state index in [0.29, 0.717) is 11.6 Å². The molecule has 11 rings (SSSR count). The normalized spacial score (nSPS) is 16.5. The zero-order valence-corrected chi connectivity index (χ0v) is 28.1. The molecule has 5 nitrogen and oxygen atoms in total. The van der Waals surface area contributed by atoms with Crippen LogP contribution in [0.4, 0.5) is 11.6 Å². The minimum absolute atomic E-state index is 0.0147. The first kappa shape index (κ1) is 28.9. The van der Waals surface area contributed by atoms with E-state index in [1.165, 1.54) is 49.3 Å². The highest BCUT2D eigenvalue weighted by Crippen LogP contribution is 2.50. The molecule has 0 N–H and O–H groups in total. The van der Waals surface area contributed by atoms with Gasteiger partial charge in [-0.05, 0) is 64.6 Å². The summed E-state index contributed by atoms with van der Waals surface area (Å²) in [6.07, 6.45) is 8.93. The molecule has 52 heavy (non-hydrogen) atoms. The van der Waals surface area contributed by atoms with Gasteiger partial charge in [-0.2, -0.15) is 4.98 Å². The predicted molar refractivity (Wildman–Crippen MR) is 213 cm³/mol. The van der Waals surface area contributed by atoms with Crippen LogP contribution in [0.3, 0.4) is 0 Å². The molecule has 2 unspecified atom stereocenters. The number of aromatic nitrogens is 4. The molecule has 5 heteroatoms. The van der Waals surface area contributed by atoms with Gasteiger partial charge in [0.2, 0.25) is 5.95 Å². The molecule has 6 aromatic carbocycles. The van der Waals surface area contributed by atoms with Crippen molar-refractivity contribution < 1.29 is 0 Å². The second-order valence-corrected chi connectivity index (χ2v) is 13.6. The summed E-state index contributed by atoms with van der Waals surface area (Å²) in [7, 11) is 0. The van der Waals surface area contributed by atoms with E-state index in [-0.39, 0.29) is 12.0 Å². The molecule has 0 radical (unpaired) electrons. The summed E-state index contributed by atoms with van der Waals surface area (Å²) < 4.78 is 2.42. The van der Waals surface area contributed by atoms with Gasteiger partial charge in [-0.3, -0.25) is 0 Å². The van der Waals surface area contributed by atoms with E-state index in [2.05, 4.69) is 167 Å². The van der Waals surface area contributed by atoms with Crippen LogP contribution in [0.25, 0.3) is 66.1 Å². The molecule has 1 aliphatic heterocycles. The van der Waals surface area contributed by atoms with Crippen molar-refractivity contribution >= 4 is 60.8 Å². The average Bonchev–Trinajstić information content (AvgIpc) is 3.73. The van der Waals surface area contributed by atoms with Crippen LogP contribution < -0.4 is 4.90 Å². The Morgan fingerprint density at radius 1 is 0.577 bits per heavy atom. The topological polar surface area (TPSA) is 46.8 Å². The van der Waals surface area contributed by atoms with E-state index in [9.17, 15) is 0 Å². The van der Waals surface area contributed by atoms with Crippen LogP contribution in [-0.2, 0) is 0 Å². The fourth-order valence-electron chi connectivity index (χ4n) is 8.54. The zero-order chi connectivity index (χ0) is 34.2. The van der Waals surface area contributed by atoms with E-state index in [0.717, 1.165) is 28.0 Å². The van der Waals surface area contributed by atoms with E-state index in [4.69, 9.17) is 15.0 Å². The van der Waals surface area contributed by atoms with Gasteiger partial charge in [-0.15, -0.1) is 0 Å². The second-order valence-electron chi connectivity index (χ2n) is 13.6. The van der Waals surface area contributed by atoms with Gasteiger partial charge in [-0.1, -0.05) is 127 Å². The summed E-state index contributed by atoms with van der Waals surface area (Å²) in [6.45, 7) is 0. The van der Waals surface area contributed by atoms with E-state index >= 15 is 0 Å². The van der Waals surface area contributed by atoms with Crippen LogP contribution in [0.5, 0.6) is 0 Å². The van der Waals surface area contributed by atoms with Gasteiger partial charge in [0.05, 0.1) is 22.8 Å². The largest absolute Gasteiger partial charge is 0.309 e. The lowest BCUT2D eigenvalue weighted by atomic mass is 9.84. The highest BCUT2D eigenvalue weighted by atomic mass is 15.3. The number of fused-ring (bicyclic) bond motifs is 9. The Hall–Kier alpha value is -6.85. The fraction of sp³-hybridized carbons (Fsp3) is 0.0426. The highest BCUT2D eigenvalue weighted by Gasteiger charge is 2.40. The van der Waals surface area contributed by atoms with E-state index in [1.54, 1.807) is 0 Å². The summed E-state index contributed by atoms with van der Waals surface area (Å²) in [4.78, 5) is 17.4. The van der Waals surface area contributed by atoms with Gasteiger partial charge in [0, 0.05) is 50.6 Å². The Morgan fingerprint density at radius 2 is 1.29 bits per heavy atom. The highest BCUT2D eigenvalue weighted by molar-refractivity contribution is 6.21. The number of pyridine rings is 1. The zero-order valence-electron chi connectivity index (χ0n) is 28.1. The second kappa shape index (κ2) is 11.3. The van der Waals surface area contributed by atoms with Crippen LogP contribution in [0.15, 0.2) is 176 Å².